The van der Waals surface area contributed by atoms with E-state index < -0.39 is 0 Å². The van der Waals surface area contributed by atoms with Crippen LogP contribution in [0.15, 0.2) is 71.0 Å². The van der Waals surface area contributed by atoms with Gasteiger partial charge in [-0.1, -0.05) is 58.0 Å². The van der Waals surface area contributed by atoms with Gasteiger partial charge < -0.3 is 14.5 Å². The molecule has 0 saturated carbocycles. The van der Waals surface area contributed by atoms with Crippen molar-refractivity contribution in [2.24, 2.45) is 0 Å². The molecular formula is C29H30IrNO3-. The van der Waals surface area contributed by atoms with E-state index >= 15 is 0 Å². The summed E-state index contributed by atoms with van der Waals surface area (Å²) in [5.41, 5.74) is 7.52. The normalized spacial score (nSPS) is 11.1. The number of aryl methyl sites for hydroxylation is 2. The summed E-state index contributed by atoms with van der Waals surface area (Å²) in [4.78, 5) is 14.6. The monoisotopic (exact) mass is 633 g/mol. The zero-order chi connectivity index (χ0) is 24.1. The molecule has 1 radical (unpaired) electrons. The van der Waals surface area contributed by atoms with E-state index in [-0.39, 0.29) is 31.6 Å². The molecule has 2 heterocycles. The second kappa shape index (κ2) is 11.9. The van der Waals surface area contributed by atoms with Crippen molar-refractivity contribution in [3.05, 3.63) is 89.3 Å². The summed E-state index contributed by atoms with van der Waals surface area (Å²) in [5, 5.41) is 9.42. The second-order valence-corrected chi connectivity index (χ2v) is 8.65. The van der Waals surface area contributed by atoms with E-state index in [1.54, 1.807) is 0 Å². The number of benzene rings is 2. The van der Waals surface area contributed by atoms with Gasteiger partial charge in [-0.25, -0.2) is 0 Å². The Hall–Kier alpha value is -3.01. The summed E-state index contributed by atoms with van der Waals surface area (Å²) in [6.45, 7) is 11.4. The number of aliphatic hydroxyl groups is 1. The van der Waals surface area contributed by atoms with Crippen LogP contribution in [0.5, 0.6) is 0 Å². The van der Waals surface area contributed by atoms with Crippen LogP contribution in [0.25, 0.3) is 33.6 Å². The number of aromatic nitrogens is 1. The fourth-order valence-corrected chi connectivity index (χ4v) is 3.60. The van der Waals surface area contributed by atoms with Crippen molar-refractivity contribution in [1.82, 2.24) is 4.98 Å². The minimum absolute atomic E-state index is 0. The molecule has 4 aromatic rings. The molecule has 0 unspecified atom stereocenters. The first-order valence-corrected chi connectivity index (χ1v) is 11.0. The van der Waals surface area contributed by atoms with Crippen molar-refractivity contribution in [1.29, 1.82) is 0 Å². The van der Waals surface area contributed by atoms with E-state index in [0.717, 1.165) is 39.1 Å². The maximum atomic E-state index is 10.0. The molecule has 2 aromatic heterocycles. The molecule has 1 N–H and O–H groups in total. The predicted molar refractivity (Wildman–Crippen MR) is 134 cm³/mol. The maximum Gasteiger partial charge on any atom is 0.155 e. The number of allylic oxidation sites excluding steroid dienone is 2. The summed E-state index contributed by atoms with van der Waals surface area (Å²) in [7, 11) is 0. The van der Waals surface area contributed by atoms with Gasteiger partial charge in [0.2, 0.25) is 0 Å². The third-order valence-corrected chi connectivity index (χ3v) is 5.10. The maximum absolute atomic E-state index is 10.0. The van der Waals surface area contributed by atoms with Gasteiger partial charge in [-0.3, -0.25) is 4.79 Å². The van der Waals surface area contributed by atoms with Crippen LogP contribution >= 0.6 is 0 Å². The van der Waals surface area contributed by atoms with Crippen molar-refractivity contribution in [3.63, 3.8) is 0 Å². The van der Waals surface area contributed by atoms with Crippen molar-refractivity contribution >= 4 is 16.8 Å². The largest absolute Gasteiger partial charge is 0.512 e. The van der Waals surface area contributed by atoms with Crippen LogP contribution in [0, 0.1) is 19.9 Å². The van der Waals surface area contributed by atoms with Crippen LogP contribution in [-0.2, 0) is 24.9 Å². The number of hydrogen-bond acceptors (Lipinski definition) is 4. The van der Waals surface area contributed by atoms with Gasteiger partial charge in [0.05, 0.1) is 12.0 Å². The van der Waals surface area contributed by atoms with Gasteiger partial charge in [0.25, 0.3) is 0 Å². The van der Waals surface area contributed by atoms with Crippen LogP contribution < -0.4 is 0 Å². The summed E-state index contributed by atoms with van der Waals surface area (Å²) < 4.78 is 6.02. The van der Waals surface area contributed by atoms with E-state index in [4.69, 9.17) is 9.52 Å². The fourth-order valence-electron chi connectivity index (χ4n) is 3.60. The first-order chi connectivity index (χ1) is 15.6. The molecule has 34 heavy (non-hydrogen) atoms. The standard InChI is InChI=1S/C24H22NO.C5H8O2.Ir/c1-15(2)18-5-7-19(8-6-18)23-13-21-12-22(25-14-24(21)26-23)20-10-16(3)9-17(4)11-20;1-4(6)3-5(2)7;/h5-10,12-15H,1-4H3;3,6H,1-2H3;/q-1;;/b;4-3-;. The molecule has 5 heteroatoms. The zero-order valence-electron chi connectivity index (χ0n) is 20.4. The van der Waals surface area contributed by atoms with E-state index in [1.165, 1.54) is 31.1 Å². The number of carbonyl (C=O) groups is 1. The van der Waals surface area contributed by atoms with E-state index in [0.29, 0.717) is 5.92 Å². The summed E-state index contributed by atoms with van der Waals surface area (Å²) >= 11 is 0. The fraction of sp³-hybridized carbons (Fsp3) is 0.241. The molecule has 0 aliphatic heterocycles. The van der Waals surface area contributed by atoms with Crippen molar-refractivity contribution in [2.75, 3.05) is 0 Å². The molecule has 0 bridgehead atoms. The van der Waals surface area contributed by atoms with Gasteiger partial charge >= 0.3 is 0 Å². The van der Waals surface area contributed by atoms with Gasteiger partial charge in [-0.2, -0.15) is 0 Å². The smallest absolute Gasteiger partial charge is 0.155 e. The Labute approximate surface area is 215 Å². The quantitative estimate of drug-likeness (QED) is 0.142. The van der Waals surface area contributed by atoms with Crippen LogP contribution in [0.3, 0.4) is 0 Å². The average Bonchev–Trinajstić information content (AvgIpc) is 3.16. The summed E-state index contributed by atoms with van der Waals surface area (Å²) in [6.07, 6.45) is 2.97. The topological polar surface area (TPSA) is 63.3 Å². The molecule has 0 amide bonds. The number of hydrogen-bond donors (Lipinski definition) is 1. The number of aliphatic hydroxyl groups excluding tert-OH is 1. The third kappa shape index (κ3) is 7.24. The molecule has 0 spiro atoms. The summed E-state index contributed by atoms with van der Waals surface area (Å²) in [6, 6.07) is 20.4. The zero-order valence-corrected chi connectivity index (χ0v) is 22.8. The molecule has 4 nitrogen and oxygen atoms in total. The van der Waals surface area contributed by atoms with Gasteiger partial charge in [0.1, 0.15) is 5.76 Å². The summed E-state index contributed by atoms with van der Waals surface area (Å²) in [5.74, 6) is 1.34. The SMILES string of the molecule is CC(=O)/C=C(/C)O.Cc1[c-]c(-c2cc3cc(-c4ccc(C(C)C)cc4)oc3cn2)cc(C)c1.[Ir]. The first-order valence-electron chi connectivity index (χ1n) is 11.0. The Morgan fingerprint density at radius 3 is 2.26 bits per heavy atom. The number of furan rings is 1. The van der Waals surface area contributed by atoms with Gasteiger partial charge in [-0.15, -0.1) is 34.9 Å². The third-order valence-electron chi connectivity index (χ3n) is 5.10. The Kier molecular flexibility index (Phi) is 9.55. The van der Waals surface area contributed by atoms with Crippen molar-refractivity contribution < 1.29 is 34.4 Å². The predicted octanol–water partition coefficient (Wildman–Crippen LogP) is 7.74. The Morgan fingerprint density at radius 2 is 1.74 bits per heavy atom. The number of ketones is 1. The second-order valence-electron chi connectivity index (χ2n) is 8.65. The van der Waals surface area contributed by atoms with Gasteiger partial charge in [-0.05, 0) is 37.1 Å². The number of nitrogens with zero attached hydrogens (tertiary/aromatic N) is 1. The van der Waals surface area contributed by atoms with E-state index in [2.05, 4.69) is 87.3 Å². The molecule has 0 atom stereocenters. The Bertz CT molecular complexity index is 1280. The number of carbonyl (C=O) groups excluding carboxylic acids is 1. The number of pyridine rings is 1. The van der Waals surface area contributed by atoms with Crippen LogP contribution in [0.1, 0.15) is 50.3 Å². The number of fused-ring (bicyclic) bond motifs is 1. The molecule has 0 fully saturated rings. The van der Waals surface area contributed by atoms with Crippen LogP contribution in [0.2, 0.25) is 0 Å². The van der Waals surface area contributed by atoms with Gasteiger partial charge in [0, 0.05) is 37.1 Å². The molecule has 0 saturated heterocycles. The minimum atomic E-state index is -0.125. The molecule has 179 valence electrons. The molecular weight excluding hydrogens is 603 g/mol. The number of rotatable bonds is 4. The Balaban J connectivity index is 0.000000449. The average molecular weight is 633 g/mol. The molecule has 2 aromatic carbocycles. The Morgan fingerprint density at radius 1 is 1.06 bits per heavy atom. The van der Waals surface area contributed by atoms with Crippen molar-refractivity contribution in [2.45, 2.75) is 47.5 Å². The molecule has 0 aliphatic rings. The van der Waals surface area contributed by atoms with Crippen LogP contribution in [0.4, 0.5) is 0 Å². The molecule has 0 aliphatic carbocycles. The van der Waals surface area contributed by atoms with Crippen molar-refractivity contribution in [3.8, 4) is 22.6 Å². The molecule has 4 rings (SSSR count). The van der Waals surface area contributed by atoms with Crippen LogP contribution in [-0.4, -0.2) is 15.9 Å². The van der Waals surface area contributed by atoms with Gasteiger partial charge in [0.15, 0.2) is 11.4 Å². The minimum Gasteiger partial charge on any atom is -0.512 e. The van der Waals surface area contributed by atoms with E-state index in [1.807, 2.05) is 6.20 Å². The first kappa shape index (κ1) is 27.2. The van der Waals surface area contributed by atoms with E-state index in [9.17, 15) is 4.79 Å².